The molecule has 3 unspecified atom stereocenters. The smallest absolute Gasteiger partial charge is 0.240 e. The molecule has 2 saturated heterocycles. The summed E-state index contributed by atoms with van der Waals surface area (Å²) in [5.74, 6) is 0.276. The van der Waals surface area contributed by atoms with Crippen LogP contribution in [0.2, 0.25) is 0 Å². The second kappa shape index (κ2) is 9.72. The van der Waals surface area contributed by atoms with Crippen LogP contribution in [0.15, 0.2) is 24.3 Å². The minimum absolute atomic E-state index is 0.0161. The number of anilines is 1. The zero-order valence-corrected chi connectivity index (χ0v) is 18.4. The maximum atomic E-state index is 13.1. The average Bonchev–Trinajstić information content (AvgIpc) is 2.69. The van der Waals surface area contributed by atoms with Crippen molar-refractivity contribution in [3.63, 3.8) is 0 Å². The molecule has 1 N–H and O–H groups in total. The van der Waals surface area contributed by atoms with Crippen LogP contribution in [0.25, 0.3) is 0 Å². The van der Waals surface area contributed by atoms with Gasteiger partial charge < -0.3 is 10.2 Å². The molecule has 160 valence electrons. The van der Waals surface area contributed by atoms with E-state index in [-0.39, 0.29) is 17.9 Å². The molecule has 1 aromatic rings. The van der Waals surface area contributed by atoms with Gasteiger partial charge in [0.05, 0.1) is 12.6 Å². The van der Waals surface area contributed by atoms with Crippen LogP contribution in [-0.2, 0) is 9.59 Å². The first-order valence-corrected chi connectivity index (χ1v) is 11.0. The Balaban J connectivity index is 1.46. The zero-order valence-electron chi connectivity index (χ0n) is 18.4. The van der Waals surface area contributed by atoms with Crippen LogP contribution >= 0.6 is 0 Å². The highest BCUT2D eigenvalue weighted by molar-refractivity contribution is 5.92. The third kappa shape index (κ3) is 5.58. The number of piperazine rings is 1. The van der Waals surface area contributed by atoms with Crippen molar-refractivity contribution < 1.29 is 9.59 Å². The molecule has 0 bridgehead atoms. The van der Waals surface area contributed by atoms with E-state index in [1.165, 1.54) is 12.0 Å². The van der Waals surface area contributed by atoms with Crippen LogP contribution in [0.4, 0.5) is 5.69 Å². The van der Waals surface area contributed by atoms with Crippen LogP contribution in [0.1, 0.15) is 45.6 Å². The van der Waals surface area contributed by atoms with Gasteiger partial charge in [0, 0.05) is 44.0 Å². The molecule has 2 heterocycles. The summed E-state index contributed by atoms with van der Waals surface area (Å²) in [6, 6.07) is 8.43. The van der Waals surface area contributed by atoms with Gasteiger partial charge in [-0.25, -0.2) is 0 Å². The minimum Gasteiger partial charge on any atom is -0.336 e. The van der Waals surface area contributed by atoms with E-state index in [2.05, 4.69) is 33.9 Å². The predicted molar refractivity (Wildman–Crippen MR) is 117 cm³/mol. The van der Waals surface area contributed by atoms with Crippen molar-refractivity contribution in [3.05, 3.63) is 29.8 Å². The Morgan fingerprint density at radius 2 is 1.62 bits per heavy atom. The Morgan fingerprint density at radius 1 is 1.03 bits per heavy atom. The highest BCUT2D eigenvalue weighted by Crippen LogP contribution is 2.24. The number of carbonyl (C=O) groups is 2. The van der Waals surface area contributed by atoms with Gasteiger partial charge in [0.25, 0.3) is 0 Å². The molecule has 1 aromatic carbocycles. The molecule has 0 saturated carbocycles. The first-order valence-electron chi connectivity index (χ1n) is 11.0. The summed E-state index contributed by atoms with van der Waals surface area (Å²) in [6.07, 6.45) is 3.42. The summed E-state index contributed by atoms with van der Waals surface area (Å²) < 4.78 is 0. The maximum absolute atomic E-state index is 13.1. The van der Waals surface area contributed by atoms with E-state index in [0.29, 0.717) is 18.6 Å². The van der Waals surface area contributed by atoms with Crippen molar-refractivity contribution in [1.82, 2.24) is 14.7 Å². The first-order chi connectivity index (χ1) is 13.8. The largest absolute Gasteiger partial charge is 0.336 e. The molecule has 3 rings (SSSR count). The van der Waals surface area contributed by atoms with Crippen LogP contribution in [0, 0.1) is 6.92 Å². The molecule has 6 heteroatoms. The van der Waals surface area contributed by atoms with E-state index < -0.39 is 0 Å². The molecule has 2 amide bonds. The van der Waals surface area contributed by atoms with Crippen molar-refractivity contribution >= 4 is 17.5 Å². The lowest BCUT2D eigenvalue weighted by Gasteiger charge is -2.44. The molecule has 0 radical (unpaired) electrons. The van der Waals surface area contributed by atoms with Gasteiger partial charge in [-0.15, -0.1) is 0 Å². The van der Waals surface area contributed by atoms with Crippen LogP contribution < -0.4 is 5.32 Å². The molecule has 29 heavy (non-hydrogen) atoms. The fourth-order valence-electron chi connectivity index (χ4n) is 4.58. The number of hydrogen-bond acceptors (Lipinski definition) is 4. The molecule has 0 spiro atoms. The fourth-order valence-corrected chi connectivity index (χ4v) is 4.58. The molecular weight excluding hydrogens is 364 g/mol. The first kappa shape index (κ1) is 21.8. The van der Waals surface area contributed by atoms with E-state index in [1.807, 2.05) is 38.1 Å². The van der Waals surface area contributed by atoms with Gasteiger partial charge in [-0.05, 0) is 59.1 Å². The van der Waals surface area contributed by atoms with Gasteiger partial charge >= 0.3 is 0 Å². The number of piperidine rings is 1. The Hall–Kier alpha value is -1.92. The van der Waals surface area contributed by atoms with Gasteiger partial charge in [-0.2, -0.15) is 0 Å². The molecule has 2 aliphatic rings. The van der Waals surface area contributed by atoms with Crippen molar-refractivity contribution in [2.75, 3.05) is 38.0 Å². The van der Waals surface area contributed by atoms with Crippen LogP contribution in [-0.4, -0.2) is 77.4 Å². The number of likely N-dealkylation sites (tertiary alicyclic amines) is 1. The van der Waals surface area contributed by atoms with Gasteiger partial charge in [-0.1, -0.05) is 17.7 Å². The number of rotatable bonds is 5. The summed E-state index contributed by atoms with van der Waals surface area (Å²) in [5.41, 5.74) is 2.01. The van der Waals surface area contributed by atoms with E-state index >= 15 is 0 Å². The van der Waals surface area contributed by atoms with E-state index in [4.69, 9.17) is 0 Å². The Kier molecular flexibility index (Phi) is 7.30. The van der Waals surface area contributed by atoms with Crippen LogP contribution in [0.3, 0.4) is 0 Å². The number of carbonyl (C=O) groups excluding carboxylic acids is 2. The standard InChI is InChI=1S/C23H36N4O2/c1-17-8-10-21(11-9-17)24-22(28)16-25-12-14-26(15-13-25)20(4)23(29)27-18(2)6-5-7-19(27)3/h8-11,18-20H,5-7,12-16H2,1-4H3,(H,24,28). The summed E-state index contributed by atoms with van der Waals surface area (Å²) in [6.45, 7) is 12.1. The minimum atomic E-state index is -0.0958. The Bertz CT molecular complexity index is 687. The van der Waals surface area contributed by atoms with Gasteiger partial charge in [-0.3, -0.25) is 19.4 Å². The SMILES string of the molecule is Cc1ccc(NC(=O)CN2CCN(C(C)C(=O)N3C(C)CCCC3C)CC2)cc1. The number of hydrogen-bond donors (Lipinski definition) is 1. The number of amides is 2. The molecule has 6 nitrogen and oxygen atoms in total. The average molecular weight is 401 g/mol. The summed E-state index contributed by atoms with van der Waals surface area (Å²) >= 11 is 0. The molecule has 3 atom stereocenters. The molecule has 0 aromatic heterocycles. The topological polar surface area (TPSA) is 55.9 Å². The van der Waals surface area contributed by atoms with Gasteiger partial charge in [0.2, 0.25) is 11.8 Å². The second-order valence-corrected chi connectivity index (χ2v) is 8.78. The molecule has 0 aliphatic carbocycles. The summed E-state index contributed by atoms with van der Waals surface area (Å²) in [4.78, 5) is 32.0. The van der Waals surface area contributed by atoms with E-state index in [9.17, 15) is 9.59 Å². The third-order valence-corrected chi connectivity index (χ3v) is 6.46. The summed E-state index contributed by atoms with van der Waals surface area (Å²) in [7, 11) is 0. The van der Waals surface area contributed by atoms with Crippen molar-refractivity contribution in [2.24, 2.45) is 0 Å². The normalized spacial score (nSPS) is 24.9. The second-order valence-electron chi connectivity index (χ2n) is 8.78. The zero-order chi connectivity index (χ0) is 21.0. The molecule has 2 fully saturated rings. The number of benzene rings is 1. The maximum Gasteiger partial charge on any atom is 0.240 e. The van der Waals surface area contributed by atoms with E-state index in [1.54, 1.807) is 0 Å². The van der Waals surface area contributed by atoms with Crippen molar-refractivity contribution in [3.8, 4) is 0 Å². The molecule has 2 aliphatic heterocycles. The van der Waals surface area contributed by atoms with Crippen molar-refractivity contribution in [2.45, 2.75) is 65.1 Å². The van der Waals surface area contributed by atoms with Crippen LogP contribution in [0.5, 0.6) is 0 Å². The number of nitrogens with zero attached hydrogens (tertiary/aromatic N) is 3. The summed E-state index contributed by atoms with van der Waals surface area (Å²) in [5, 5.41) is 2.97. The lowest BCUT2D eigenvalue weighted by molar-refractivity contribution is -0.143. The highest BCUT2D eigenvalue weighted by Gasteiger charge is 2.35. The Labute approximate surface area is 175 Å². The lowest BCUT2D eigenvalue weighted by Crippen LogP contribution is -2.58. The molecular formula is C23H36N4O2. The highest BCUT2D eigenvalue weighted by atomic mass is 16.2. The van der Waals surface area contributed by atoms with Gasteiger partial charge in [0.1, 0.15) is 0 Å². The fraction of sp³-hybridized carbons (Fsp3) is 0.652. The van der Waals surface area contributed by atoms with Gasteiger partial charge in [0.15, 0.2) is 0 Å². The van der Waals surface area contributed by atoms with E-state index in [0.717, 1.165) is 44.7 Å². The predicted octanol–water partition coefficient (Wildman–Crippen LogP) is 2.73. The number of aryl methyl sites for hydroxylation is 1. The number of nitrogens with one attached hydrogen (secondary N) is 1. The monoisotopic (exact) mass is 400 g/mol. The Morgan fingerprint density at radius 3 is 2.21 bits per heavy atom. The third-order valence-electron chi connectivity index (χ3n) is 6.46. The quantitative estimate of drug-likeness (QED) is 0.826. The van der Waals surface area contributed by atoms with Crippen molar-refractivity contribution in [1.29, 1.82) is 0 Å². The lowest BCUT2D eigenvalue weighted by atomic mass is 9.96.